The summed E-state index contributed by atoms with van der Waals surface area (Å²) < 4.78 is 10.6. The molecule has 0 aliphatic rings. The summed E-state index contributed by atoms with van der Waals surface area (Å²) in [5, 5.41) is 0.650. The lowest BCUT2D eigenvalue weighted by Gasteiger charge is -2.17. The molecule has 1 aromatic rings. The summed E-state index contributed by atoms with van der Waals surface area (Å²) in [6, 6.07) is 1.76. The molecule has 0 unspecified atom stereocenters. The molecule has 1 aromatic carbocycles. The Morgan fingerprint density at radius 2 is 1.94 bits per heavy atom. The predicted molar refractivity (Wildman–Crippen MR) is 67.8 cm³/mol. The van der Waals surface area contributed by atoms with Gasteiger partial charge in [-0.3, -0.25) is 0 Å². The molecular formula is C12H18ClNO3. The van der Waals surface area contributed by atoms with E-state index in [1.165, 1.54) is 0 Å². The van der Waals surface area contributed by atoms with Crippen molar-refractivity contribution < 1.29 is 14.3 Å². The molecule has 0 saturated heterocycles. The third-order valence-electron chi connectivity index (χ3n) is 2.66. The third kappa shape index (κ3) is 3.03. The summed E-state index contributed by atoms with van der Waals surface area (Å²) in [4.78, 5) is 4.60. The summed E-state index contributed by atoms with van der Waals surface area (Å²) in [6.45, 7) is 2.46. The molecule has 0 aromatic heterocycles. The van der Waals surface area contributed by atoms with E-state index in [1.807, 2.05) is 6.92 Å². The van der Waals surface area contributed by atoms with Gasteiger partial charge in [-0.25, -0.2) is 5.90 Å². The summed E-state index contributed by atoms with van der Waals surface area (Å²) in [5.41, 5.74) is 2.03. The topological polar surface area (TPSA) is 53.7 Å². The molecule has 1 rings (SSSR count). The van der Waals surface area contributed by atoms with Gasteiger partial charge >= 0.3 is 0 Å². The second kappa shape index (κ2) is 6.69. The fourth-order valence-corrected chi connectivity index (χ4v) is 2.19. The van der Waals surface area contributed by atoms with Crippen molar-refractivity contribution >= 4 is 11.6 Å². The zero-order chi connectivity index (χ0) is 12.8. The largest absolute Gasteiger partial charge is 0.493 e. The van der Waals surface area contributed by atoms with E-state index in [0.29, 0.717) is 23.8 Å². The van der Waals surface area contributed by atoms with Crippen molar-refractivity contribution in [2.75, 3.05) is 20.8 Å². The van der Waals surface area contributed by atoms with Crippen molar-refractivity contribution in [3.05, 3.63) is 22.2 Å². The lowest BCUT2D eigenvalue weighted by molar-refractivity contribution is 0.141. The Morgan fingerprint density at radius 1 is 1.24 bits per heavy atom. The van der Waals surface area contributed by atoms with Crippen LogP contribution in [0, 0.1) is 0 Å². The molecule has 17 heavy (non-hydrogen) atoms. The molecule has 0 atom stereocenters. The van der Waals surface area contributed by atoms with Gasteiger partial charge in [-0.15, -0.1) is 0 Å². The normalized spacial score (nSPS) is 10.4. The van der Waals surface area contributed by atoms with E-state index >= 15 is 0 Å². The van der Waals surface area contributed by atoms with E-state index in [9.17, 15) is 0 Å². The molecule has 4 nitrogen and oxygen atoms in total. The Balaban J connectivity index is 3.27. The molecular weight excluding hydrogens is 242 g/mol. The highest BCUT2D eigenvalue weighted by Gasteiger charge is 2.17. The first kappa shape index (κ1) is 14.1. The Hall–Kier alpha value is -0.970. The van der Waals surface area contributed by atoms with Gasteiger partial charge < -0.3 is 14.3 Å². The average Bonchev–Trinajstić information content (AvgIpc) is 2.35. The second-order valence-electron chi connectivity index (χ2n) is 3.53. The fourth-order valence-electron chi connectivity index (χ4n) is 1.88. The zero-order valence-electron chi connectivity index (χ0n) is 10.4. The molecule has 0 amide bonds. The molecule has 0 bridgehead atoms. The van der Waals surface area contributed by atoms with Crippen molar-refractivity contribution in [3.8, 4) is 11.5 Å². The van der Waals surface area contributed by atoms with Gasteiger partial charge in [0.1, 0.15) is 0 Å². The van der Waals surface area contributed by atoms with E-state index in [2.05, 4.69) is 4.84 Å². The minimum absolute atomic E-state index is 0.419. The van der Waals surface area contributed by atoms with Gasteiger partial charge in [-0.2, -0.15) is 0 Å². The summed E-state index contributed by atoms with van der Waals surface area (Å²) in [5.74, 6) is 6.42. The number of ether oxygens (including phenoxy) is 2. The van der Waals surface area contributed by atoms with Crippen LogP contribution in [0.25, 0.3) is 0 Å². The van der Waals surface area contributed by atoms with Crippen LogP contribution in [0.2, 0.25) is 5.02 Å². The lowest BCUT2D eigenvalue weighted by atomic mass is 10.0. The van der Waals surface area contributed by atoms with Crippen LogP contribution in [0.3, 0.4) is 0 Å². The van der Waals surface area contributed by atoms with Crippen LogP contribution in [0.5, 0.6) is 11.5 Å². The smallest absolute Gasteiger partial charge is 0.164 e. The molecule has 0 fully saturated rings. The monoisotopic (exact) mass is 259 g/mol. The van der Waals surface area contributed by atoms with Crippen molar-refractivity contribution in [1.82, 2.24) is 0 Å². The third-order valence-corrected chi connectivity index (χ3v) is 2.99. The predicted octanol–water partition coefficient (Wildman–Crippen LogP) is 2.35. The molecule has 96 valence electrons. The number of methoxy groups -OCH3 is 2. The number of nitrogens with two attached hydrogens (primary N) is 1. The highest BCUT2D eigenvalue weighted by molar-refractivity contribution is 6.31. The van der Waals surface area contributed by atoms with E-state index in [-0.39, 0.29) is 0 Å². The number of hydrogen-bond donors (Lipinski definition) is 1. The van der Waals surface area contributed by atoms with Crippen molar-refractivity contribution in [2.24, 2.45) is 5.90 Å². The van der Waals surface area contributed by atoms with Gasteiger partial charge in [0.05, 0.1) is 20.8 Å². The Kier molecular flexibility index (Phi) is 5.55. The SMILES string of the molecule is CCc1c(CCON)c(Cl)cc(OC)c1OC. The number of halogens is 1. The molecule has 0 spiro atoms. The number of benzene rings is 1. The maximum Gasteiger partial charge on any atom is 0.164 e. The van der Waals surface area contributed by atoms with E-state index in [0.717, 1.165) is 23.3 Å². The van der Waals surface area contributed by atoms with Crippen LogP contribution in [0.4, 0.5) is 0 Å². The van der Waals surface area contributed by atoms with Crippen molar-refractivity contribution in [1.29, 1.82) is 0 Å². The molecule has 5 heteroatoms. The molecule has 2 N–H and O–H groups in total. The van der Waals surface area contributed by atoms with Crippen molar-refractivity contribution in [3.63, 3.8) is 0 Å². The van der Waals surface area contributed by atoms with Gasteiger partial charge in [-0.1, -0.05) is 18.5 Å². The lowest BCUT2D eigenvalue weighted by Crippen LogP contribution is -2.07. The van der Waals surface area contributed by atoms with Crippen LogP contribution in [-0.2, 0) is 17.7 Å². The Bertz CT molecular complexity index is 383. The minimum atomic E-state index is 0.419. The second-order valence-corrected chi connectivity index (χ2v) is 3.93. The van der Waals surface area contributed by atoms with Crippen LogP contribution in [0.15, 0.2) is 6.07 Å². The first-order valence-electron chi connectivity index (χ1n) is 5.43. The number of hydrogen-bond acceptors (Lipinski definition) is 4. The van der Waals surface area contributed by atoms with Gasteiger partial charge in [0.25, 0.3) is 0 Å². The first-order valence-corrected chi connectivity index (χ1v) is 5.81. The maximum atomic E-state index is 6.22. The van der Waals surface area contributed by atoms with Gasteiger partial charge in [0.15, 0.2) is 11.5 Å². The van der Waals surface area contributed by atoms with Crippen LogP contribution >= 0.6 is 11.6 Å². The standard InChI is InChI=1S/C12H18ClNO3/c1-4-8-9(5-6-17-14)10(13)7-11(15-2)12(8)16-3/h7H,4-6,14H2,1-3H3. The van der Waals surface area contributed by atoms with Crippen molar-refractivity contribution in [2.45, 2.75) is 19.8 Å². The van der Waals surface area contributed by atoms with Gasteiger partial charge in [0.2, 0.25) is 0 Å². The maximum absolute atomic E-state index is 6.22. The highest BCUT2D eigenvalue weighted by atomic mass is 35.5. The number of rotatable bonds is 6. The van der Waals surface area contributed by atoms with Crippen LogP contribution < -0.4 is 15.4 Å². The molecule has 0 heterocycles. The quantitative estimate of drug-likeness (QED) is 0.797. The van der Waals surface area contributed by atoms with E-state index in [4.69, 9.17) is 27.0 Å². The molecule has 0 aliphatic heterocycles. The van der Waals surface area contributed by atoms with Gasteiger partial charge in [-0.05, 0) is 18.4 Å². The highest BCUT2D eigenvalue weighted by Crippen LogP contribution is 2.38. The average molecular weight is 260 g/mol. The Labute approximate surface area is 107 Å². The Morgan fingerprint density at radius 3 is 2.41 bits per heavy atom. The minimum Gasteiger partial charge on any atom is -0.493 e. The van der Waals surface area contributed by atoms with Crippen LogP contribution in [0.1, 0.15) is 18.1 Å². The van der Waals surface area contributed by atoms with Crippen LogP contribution in [-0.4, -0.2) is 20.8 Å². The molecule has 0 radical (unpaired) electrons. The van der Waals surface area contributed by atoms with E-state index in [1.54, 1.807) is 20.3 Å². The zero-order valence-corrected chi connectivity index (χ0v) is 11.1. The molecule has 0 saturated carbocycles. The van der Waals surface area contributed by atoms with E-state index < -0.39 is 0 Å². The first-order chi connectivity index (χ1) is 8.19. The summed E-state index contributed by atoms with van der Waals surface area (Å²) in [6.07, 6.45) is 1.46. The summed E-state index contributed by atoms with van der Waals surface area (Å²) in [7, 11) is 3.21. The van der Waals surface area contributed by atoms with Gasteiger partial charge in [0, 0.05) is 16.7 Å². The summed E-state index contributed by atoms with van der Waals surface area (Å²) >= 11 is 6.22. The fraction of sp³-hybridized carbons (Fsp3) is 0.500. The molecule has 0 aliphatic carbocycles.